The molecule has 1 aromatic heterocycles. The lowest BCUT2D eigenvalue weighted by Gasteiger charge is -2.03. The Labute approximate surface area is 121 Å². The van der Waals surface area contributed by atoms with E-state index in [0.29, 0.717) is 18.4 Å². The standard InChI is InChI=1S/C15H15NO5/c1-20-15(19)12-11(8-21-13(12)16)7-4-9-2-5-10(6-3-9)14(17)18/h2-3,5-6,8H,4,7,16H2,1H3,(H,17,18). The molecular weight excluding hydrogens is 274 g/mol. The van der Waals surface area contributed by atoms with Gasteiger partial charge in [0.2, 0.25) is 5.88 Å². The Morgan fingerprint density at radius 3 is 2.48 bits per heavy atom. The lowest BCUT2D eigenvalue weighted by Crippen LogP contribution is -2.07. The Morgan fingerprint density at radius 1 is 1.24 bits per heavy atom. The average molecular weight is 289 g/mol. The Morgan fingerprint density at radius 2 is 1.90 bits per heavy atom. The van der Waals surface area contributed by atoms with Gasteiger partial charge in [-0.1, -0.05) is 12.1 Å². The van der Waals surface area contributed by atoms with Gasteiger partial charge in [0.25, 0.3) is 0 Å². The third kappa shape index (κ3) is 3.22. The fraction of sp³-hybridized carbons (Fsp3) is 0.200. The summed E-state index contributed by atoms with van der Waals surface area (Å²) in [5, 5.41) is 8.83. The SMILES string of the molecule is COC(=O)c1c(CCc2ccc(C(=O)O)cc2)coc1N. The number of nitrogens with two attached hydrogens (primary N) is 1. The monoisotopic (exact) mass is 289 g/mol. The topological polar surface area (TPSA) is 103 Å². The Hall–Kier alpha value is -2.76. The van der Waals surface area contributed by atoms with Crippen molar-refractivity contribution in [2.24, 2.45) is 0 Å². The lowest BCUT2D eigenvalue weighted by molar-refractivity contribution is 0.0599. The summed E-state index contributed by atoms with van der Waals surface area (Å²) < 4.78 is 9.72. The van der Waals surface area contributed by atoms with E-state index in [4.69, 9.17) is 15.3 Å². The quantitative estimate of drug-likeness (QED) is 0.817. The van der Waals surface area contributed by atoms with Crippen molar-refractivity contribution in [1.29, 1.82) is 0 Å². The van der Waals surface area contributed by atoms with E-state index in [1.165, 1.54) is 13.4 Å². The zero-order valence-corrected chi connectivity index (χ0v) is 11.5. The van der Waals surface area contributed by atoms with E-state index >= 15 is 0 Å². The van der Waals surface area contributed by atoms with E-state index in [1.54, 1.807) is 24.3 Å². The fourth-order valence-corrected chi connectivity index (χ4v) is 2.02. The van der Waals surface area contributed by atoms with Gasteiger partial charge in [-0.25, -0.2) is 9.59 Å². The first-order valence-electron chi connectivity index (χ1n) is 6.29. The fourth-order valence-electron chi connectivity index (χ4n) is 2.02. The molecule has 0 spiro atoms. The number of aromatic carboxylic acids is 1. The number of rotatable bonds is 5. The minimum Gasteiger partial charge on any atom is -0.478 e. The van der Waals surface area contributed by atoms with Gasteiger partial charge in [0.15, 0.2) is 0 Å². The van der Waals surface area contributed by atoms with Crippen LogP contribution in [-0.2, 0) is 17.6 Å². The number of ether oxygens (including phenoxy) is 1. The molecule has 0 atom stereocenters. The molecule has 0 unspecified atom stereocenters. The van der Waals surface area contributed by atoms with Gasteiger partial charge in [-0.2, -0.15) is 0 Å². The molecule has 0 aliphatic rings. The van der Waals surface area contributed by atoms with E-state index in [0.717, 1.165) is 5.56 Å². The van der Waals surface area contributed by atoms with Crippen molar-refractivity contribution in [3.63, 3.8) is 0 Å². The number of furan rings is 1. The molecule has 2 aromatic rings. The molecule has 0 aliphatic carbocycles. The molecule has 1 heterocycles. The van der Waals surface area contributed by atoms with Crippen LogP contribution in [-0.4, -0.2) is 24.2 Å². The van der Waals surface area contributed by atoms with E-state index in [9.17, 15) is 9.59 Å². The normalized spacial score (nSPS) is 10.3. The first-order chi connectivity index (χ1) is 10.0. The van der Waals surface area contributed by atoms with Gasteiger partial charge in [0, 0.05) is 5.56 Å². The highest BCUT2D eigenvalue weighted by atomic mass is 16.5. The van der Waals surface area contributed by atoms with Gasteiger partial charge in [-0.3, -0.25) is 0 Å². The number of nitrogen functional groups attached to an aromatic ring is 1. The molecule has 6 nitrogen and oxygen atoms in total. The number of carbonyl (C=O) groups is 2. The molecule has 3 N–H and O–H groups in total. The summed E-state index contributed by atoms with van der Waals surface area (Å²) in [6, 6.07) is 6.57. The van der Waals surface area contributed by atoms with Crippen LogP contribution in [0.15, 0.2) is 34.9 Å². The molecule has 0 aliphatic heterocycles. The minimum atomic E-state index is -0.961. The van der Waals surface area contributed by atoms with Gasteiger partial charge >= 0.3 is 11.9 Å². The van der Waals surface area contributed by atoms with Gasteiger partial charge in [-0.05, 0) is 30.5 Å². The average Bonchev–Trinajstić information content (AvgIpc) is 2.85. The minimum absolute atomic E-state index is 0.0399. The van der Waals surface area contributed by atoms with Crippen molar-refractivity contribution in [3.05, 3.63) is 52.8 Å². The molecule has 21 heavy (non-hydrogen) atoms. The van der Waals surface area contributed by atoms with Crippen molar-refractivity contribution in [3.8, 4) is 0 Å². The molecule has 0 saturated carbocycles. The third-order valence-corrected chi connectivity index (χ3v) is 3.17. The van der Waals surface area contributed by atoms with Gasteiger partial charge in [0.05, 0.1) is 18.9 Å². The lowest BCUT2D eigenvalue weighted by atomic mass is 10.0. The van der Waals surface area contributed by atoms with Crippen molar-refractivity contribution >= 4 is 17.8 Å². The van der Waals surface area contributed by atoms with Crippen LogP contribution < -0.4 is 5.73 Å². The van der Waals surface area contributed by atoms with Gasteiger partial charge in [0.1, 0.15) is 5.56 Å². The number of anilines is 1. The van der Waals surface area contributed by atoms with Crippen molar-refractivity contribution in [1.82, 2.24) is 0 Å². The molecule has 6 heteroatoms. The molecule has 110 valence electrons. The second kappa shape index (κ2) is 6.13. The molecule has 1 aromatic carbocycles. The Balaban J connectivity index is 2.10. The zero-order chi connectivity index (χ0) is 15.4. The van der Waals surface area contributed by atoms with Crippen LogP contribution in [0.1, 0.15) is 31.8 Å². The first kappa shape index (κ1) is 14.6. The molecule has 0 fully saturated rings. The summed E-state index contributed by atoms with van der Waals surface area (Å²) in [7, 11) is 1.28. The second-order valence-corrected chi connectivity index (χ2v) is 4.49. The maximum absolute atomic E-state index is 11.6. The maximum Gasteiger partial charge on any atom is 0.343 e. The van der Waals surface area contributed by atoms with Gasteiger partial charge in [-0.15, -0.1) is 0 Å². The molecule has 0 bridgehead atoms. The highest BCUT2D eigenvalue weighted by molar-refractivity contribution is 5.95. The summed E-state index contributed by atoms with van der Waals surface area (Å²) in [4.78, 5) is 22.4. The second-order valence-electron chi connectivity index (χ2n) is 4.49. The van der Waals surface area contributed by atoms with Crippen LogP contribution >= 0.6 is 0 Å². The molecular formula is C15H15NO5. The summed E-state index contributed by atoms with van der Waals surface area (Å²) in [5.41, 5.74) is 7.72. The maximum atomic E-state index is 11.6. The van der Waals surface area contributed by atoms with Crippen molar-refractivity contribution in [2.45, 2.75) is 12.8 Å². The number of methoxy groups -OCH3 is 1. The Bertz CT molecular complexity index is 657. The number of benzene rings is 1. The van der Waals surface area contributed by atoms with Crippen molar-refractivity contribution in [2.75, 3.05) is 12.8 Å². The summed E-state index contributed by atoms with van der Waals surface area (Å²) in [6.07, 6.45) is 2.60. The van der Waals surface area contributed by atoms with Crippen LogP contribution in [0.2, 0.25) is 0 Å². The Kier molecular flexibility index (Phi) is 4.27. The van der Waals surface area contributed by atoms with Crippen LogP contribution in [0, 0.1) is 0 Å². The van der Waals surface area contributed by atoms with Crippen LogP contribution in [0.5, 0.6) is 0 Å². The summed E-state index contributed by atoms with van der Waals surface area (Å²) in [6.45, 7) is 0. The van der Waals surface area contributed by atoms with Crippen LogP contribution in [0.3, 0.4) is 0 Å². The van der Waals surface area contributed by atoms with Crippen LogP contribution in [0.4, 0.5) is 5.88 Å². The largest absolute Gasteiger partial charge is 0.478 e. The van der Waals surface area contributed by atoms with Crippen LogP contribution in [0.25, 0.3) is 0 Å². The number of esters is 1. The van der Waals surface area contributed by atoms with Gasteiger partial charge < -0.3 is 20.0 Å². The predicted molar refractivity (Wildman–Crippen MR) is 75.3 cm³/mol. The van der Waals surface area contributed by atoms with E-state index in [2.05, 4.69) is 4.74 Å². The first-order valence-corrected chi connectivity index (χ1v) is 6.29. The number of carbonyl (C=O) groups excluding carboxylic acids is 1. The number of carboxylic acid groups (broad SMARTS) is 1. The smallest absolute Gasteiger partial charge is 0.343 e. The molecule has 0 radical (unpaired) electrons. The van der Waals surface area contributed by atoms with E-state index < -0.39 is 11.9 Å². The third-order valence-electron chi connectivity index (χ3n) is 3.17. The van der Waals surface area contributed by atoms with Crippen molar-refractivity contribution < 1.29 is 23.8 Å². The summed E-state index contributed by atoms with van der Waals surface area (Å²) >= 11 is 0. The molecule has 0 amide bonds. The molecule has 0 saturated heterocycles. The van der Waals surface area contributed by atoms with E-state index in [1.807, 2.05) is 0 Å². The predicted octanol–water partition coefficient (Wildman–Crippen LogP) is 2.13. The number of carboxylic acids is 1. The number of hydrogen-bond acceptors (Lipinski definition) is 5. The zero-order valence-electron chi connectivity index (χ0n) is 11.5. The highest BCUT2D eigenvalue weighted by Crippen LogP contribution is 2.22. The summed E-state index contributed by atoms with van der Waals surface area (Å²) in [5.74, 6) is -1.45. The highest BCUT2D eigenvalue weighted by Gasteiger charge is 2.19. The number of aryl methyl sites for hydroxylation is 2. The van der Waals surface area contributed by atoms with E-state index in [-0.39, 0.29) is 17.0 Å². The number of hydrogen-bond donors (Lipinski definition) is 2. The molecule has 2 rings (SSSR count).